The Morgan fingerprint density at radius 1 is 0.824 bits per heavy atom. The van der Waals surface area contributed by atoms with Gasteiger partial charge in [0.25, 0.3) is 5.24 Å². The van der Waals surface area contributed by atoms with Gasteiger partial charge in [0.1, 0.15) is 0 Å². The molecular formula is C14H29NOS. The number of carbonyl (C=O) groups is 1. The van der Waals surface area contributed by atoms with Crippen molar-refractivity contribution in [2.75, 3.05) is 6.54 Å². The maximum Gasteiger partial charge on any atom is 0.275 e. The van der Waals surface area contributed by atoms with E-state index < -0.39 is 0 Å². The molecule has 0 saturated carbocycles. The molecule has 0 fully saturated rings. The zero-order valence-corrected chi connectivity index (χ0v) is 12.2. The van der Waals surface area contributed by atoms with E-state index in [9.17, 15) is 4.79 Å². The van der Waals surface area contributed by atoms with Crippen molar-refractivity contribution in [3.8, 4) is 0 Å². The molecule has 3 heteroatoms. The largest absolute Gasteiger partial charge is 0.347 e. The van der Waals surface area contributed by atoms with Gasteiger partial charge in [-0.3, -0.25) is 4.79 Å². The Labute approximate surface area is 112 Å². The Morgan fingerprint density at radius 2 is 1.24 bits per heavy atom. The first-order valence-corrected chi connectivity index (χ1v) is 7.69. The van der Waals surface area contributed by atoms with Crippen LogP contribution < -0.4 is 5.32 Å². The number of unbranched alkanes of at least 4 members (excludes halogenated alkanes) is 10. The molecule has 0 radical (unpaired) electrons. The van der Waals surface area contributed by atoms with Crippen LogP contribution in [0.3, 0.4) is 0 Å². The SMILES string of the molecule is CCCCCCCCCCCCCNC(=O)S. The first-order valence-electron chi connectivity index (χ1n) is 7.24. The molecule has 0 aliphatic rings. The van der Waals surface area contributed by atoms with Crippen LogP contribution in [0.5, 0.6) is 0 Å². The van der Waals surface area contributed by atoms with E-state index in [4.69, 9.17) is 0 Å². The predicted molar refractivity (Wildman–Crippen MR) is 78.8 cm³/mol. The Kier molecular flexibility index (Phi) is 13.7. The average molecular weight is 259 g/mol. The van der Waals surface area contributed by atoms with Crippen molar-refractivity contribution < 1.29 is 4.79 Å². The van der Waals surface area contributed by atoms with Crippen molar-refractivity contribution in [3.63, 3.8) is 0 Å². The van der Waals surface area contributed by atoms with Crippen LogP contribution in [0.1, 0.15) is 77.6 Å². The second-order valence-electron chi connectivity index (χ2n) is 4.77. The smallest absolute Gasteiger partial charge is 0.275 e. The van der Waals surface area contributed by atoms with Crippen LogP contribution in [0, 0.1) is 0 Å². The molecular weight excluding hydrogens is 230 g/mol. The van der Waals surface area contributed by atoms with E-state index in [2.05, 4.69) is 24.9 Å². The molecule has 0 rings (SSSR count). The summed E-state index contributed by atoms with van der Waals surface area (Å²) in [7, 11) is 0. The maximum atomic E-state index is 10.5. The summed E-state index contributed by atoms with van der Waals surface area (Å²) in [6.07, 6.45) is 14.7. The minimum atomic E-state index is -0.211. The third-order valence-corrected chi connectivity index (χ3v) is 3.21. The summed E-state index contributed by atoms with van der Waals surface area (Å²) in [6.45, 7) is 3.04. The van der Waals surface area contributed by atoms with Gasteiger partial charge in [0.2, 0.25) is 0 Å². The van der Waals surface area contributed by atoms with Crippen LogP contribution in [-0.4, -0.2) is 11.8 Å². The number of hydrogen-bond acceptors (Lipinski definition) is 1. The van der Waals surface area contributed by atoms with Gasteiger partial charge in [0, 0.05) is 6.54 Å². The van der Waals surface area contributed by atoms with Crippen molar-refractivity contribution in [2.24, 2.45) is 0 Å². The van der Waals surface area contributed by atoms with Gasteiger partial charge in [-0.05, 0) is 6.42 Å². The second-order valence-corrected chi connectivity index (χ2v) is 5.17. The standard InChI is InChI=1S/C14H29NOS/c1-2-3-4-5-6-7-8-9-10-11-12-13-15-14(16)17/h2-13H2,1H3,(H2,15,16,17). The lowest BCUT2D eigenvalue weighted by Gasteiger charge is -2.03. The van der Waals surface area contributed by atoms with Gasteiger partial charge in [0.05, 0.1) is 0 Å². The summed E-state index contributed by atoms with van der Waals surface area (Å²) in [4.78, 5) is 10.5. The molecule has 1 amide bonds. The van der Waals surface area contributed by atoms with Gasteiger partial charge in [0.15, 0.2) is 0 Å². The van der Waals surface area contributed by atoms with Crippen LogP contribution in [0.4, 0.5) is 4.79 Å². The van der Waals surface area contributed by atoms with E-state index >= 15 is 0 Å². The van der Waals surface area contributed by atoms with Crippen LogP contribution in [0.15, 0.2) is 0 Å². The van der Waals surface area contributed by atoms with E-state index in [-0.39, 0.29) is 5.24 Å². The maximum absolute atomic E-state index is 10.5. The van der Waals surface area contributed by atoms with Crippen LogP contribution in [0.25, 0.3) is 0 Å². The number of thiol groups is 1. The summed E-state index contributed by atoms with van der Waals surface area (Å²) in [5.74, 6) is 0. The highest BCUT2D eigenvalue weighted by atomic mass is 32.1. The number of amides is 1. The molecule has 17 heavy (non-hydrogen) atoms. The highest BCUT2D eigenvalue weighted by Gasteiger charge is 1.94. The molecule has 1 N–H and O–H groups in total. The average Bonchev–Trinajstić information content (AvgIpc) is 2.30. The molecule has 0 aliphatic heterocycles. The summed E-state index contributed by atoms with van der Waals surface area (Å²) < 4.78 is 0. The van der Waals surface area contributed by atoms with Gasteiger partial charge < -0.3 is 5.32 Å². The molecule has 0 spiro atoms. The molecule has 0 aromatic heterocycles. The van der Waals surface area contributed by atoms with Gasteiger partial charge in [-0.1, -0.05) is 83.8 Å². The van der Waals surface area contributed by atoms with Crippen molar-refractivity contribution in [1.82, 2.24) is 5.32 Å². The lowest BCUT2D eigenvalue weighted by Crippen LogP contribution is -2.17. The molecule has 0 heterocycles. The molecule has 0 unspecified atom stereocenters. The molecule has 2 nitrogen and oxygen atoms in total. The van der Waals surface area contributed by atoms with Crippen molar-refractivity contribution >= 4 is 17.9 Å². The van der Waals surface area contributed by atoms with E-state index in [0.717, 1.165) is 13.0 Å². The van der Waals surface area contributed by atoms with Crippen LogP contribution >= 0.6 is 12.6 Å². The highest BCUT2D eigenvalue weighted by Crippen LogP contribution is 2.10. The van der Waals surface area contributed by atoms with E-state index in [1.54, 1.807) is 0 Å². The molecule has 0 atom stereocenters. The van der Waals surface area contributed by atoms with Crippen molar-refractivity contribution in [1.29, 1.82) is 0 Å². The fourth-order valence-electron chi connectivity index (χ4n) is 1.98. The van der Waals surface area contributed by atoms with Crippen molar-refractivity contribution in [3.05, 3.63) is 0 Å². The first kappa shape index (κ1) is 16.8. The zero-order valence-electron chi connectivity index (χ0n) is 11.3. The Balaban J connectivity index is 2.91. The first-order chi connectivity index (χ1) is 8.27. The lowest BCUT2D eigenvalue weighted by atomic mass is 10.1. The minimum absolute atomic E-state index is 0.211. The quantitative estimate of drug-likeness (QED) is 0.377. The minimum Gasteiger partial charge on any atom is -0.347 e. The molecule has 0 saturated heterocycles. The monoisotopic (exact) mass is 259 g/mol. The van der Waals surface area contributed by atoms with Gasteiger partial charge >= 0.3 is 0 Å². The highest BCUT2D eigenvalue weighted by molar-refractivity contribution is 7.96. The van der Waals surface area contributed by atoms with E-state index in [1.807, 2.05) is 0 Å². The summed E-state index contributed by atoms with van der Waals surface area (Å²) >= 11 is 3.65. The molecule has 102 valence electrons. The van der Waals surface area contributed by atoms with Gasteiger partial charge in [-0.25, -0.2) is 0 Å². The third kappa shape index (κ3) is 15.8. The second kappa shape index (κ2) is 13.9. The zero-order chi connectivity index (χ0) is 12.8. The lowest BCUT2D eigenvalue weighted by molar-refractivity contribution is 0.261. The number of carbonyl (C=O) groups excluding carboxylic acids is 1. The van der Waals surface area contributed by atoms with Gasteiger partial charge in [-0.2, -0.15) is 0 Å². The third-order valence-electron chi connectivity index (χ3n) is 3.06. The number of nitrogens with one attached hydrogen (secondary N) is 1. The van der Waals surface area contributed by atoms with Crippen LogP contribution in [0.2, 0.25) is 0 Å². The number of rotatable bonds is 12. The summed E-state index contributed by atoms with van der Waals surface area (Å²) in [6, 6.07) is 0. The van der Waals surface area contributed by atoms with E-state index in [1.165, 1.54) is 64.2 Å². The fraction of sp³-hybridized carbons (Fsp3) is 0.929. The molecule has 0 aromatic rings. The Bertz CT molecular complexity index is 174. The normalized spacial score (nSPS) is 10.5. The summed E-state index contributed by atoms with van der Waals surface area (Å²) in [5, 5.41) is 2.49. The number of hydrogen-bond donors (Lipinski definition) is 2. The molecule has 0 aliphatic carbocycles. The topological polar surface area (TPSA) is 29.1 Å². The summed E-state index contributed by atoms with van der Waals surface area (Å²) in [5.41, 5.74) is 0. The fourth-order valence-corrected chi connectivity index (χ4v) is 2.10. The van der Waals surface area contributed by atoms with Gasteiger partial charge in [-0.15, -0.1) is 0 Å². The Morgan fingerprint density at radius 3 is 1.65 bits per heavy atom. The molecule has 0 bridgehead atoms. The Hall–Kier alpha value is -0.180. The predicted octanol–water partition coefficient (Wildman–Crippen LogP) is 4.94. The van der Waals surface area contributed by atoms with Crippen molar-refractivity contribution in [2.45, 2.75) is 77.6 Å². The molecule has 0 aromatic carbocycles. The van der Waals surface area contributed by atoms with E-state index in [0.29, 0.717) is 0 Å². The van der Waals surface area contributed by atoms with Crippen LogP contribution in [-0.2, 0) is 0 Å².